The molecule has 1 N–H and O–H groups in total. The van der Waals surface area contributed by atoms with Crippen molar-refractivity contribution in [2.75, 3.05) is 11.9 Å². The first kappa shape index (κ1) is 12.2. The second kappa shape index (κ2) is 5.39. The monoisotopic (exact) mass is 248 g/mol. The van der Waals surface area contributed by atoms with Crippen molar-refractivity contribution in [2.24, 2.45) is 0 Å². The van der Waals surface area contributed by atoms with Gasteiger partial charge in [0.1, 0.15) is 0 Å². The SMILES string of the molecule is CCNc1ncc(F)c(Oc2cccnc2C)n1. The number of nitrogens with one attached hydrogen (secondary N) is 1. The second-order valence-corrected chi connectivity index (χ2v) is 3.57. The molecule has 0 radical (unpaired) electrons. The summed E-state index contributed by atoms with van der Waals surface area (Å²) in [6.07, 6.45) is 2.72. The maximum Gasteiger partial charge on any atom is 0.260 e. The average molecular weight is 248 g/mol. The van der Waals surface area contributed by atoms with Gasteiger partial charge in [-0.2, -0.15) is 9.37 Å². The molecule has 6 heteroatoms. The van der Waals surface area contributed by atoms with Gasteiger partial charge < -0.3 is 10.1 Å². The molecule has 0 unspecified atom stereocenters. The smallest absolute Gasteiger partial charge is 0.260 e. The fourth-order valence-electron chi connectivity index (χ4n) is 1.35. The minimum Gasteiger partial charge on any atom is -0.434 e. The zero-order valence-electron chi connectivity index (χ0n) is 10.1. The molecule has 2 aromatic heterocycles. The van der Waals surface area contributed by atoms with Crippen LogP contribution in [-0.2, 0) is 0 Å². The van der Waals surface area contributed by atoms with Crippen molar-refractivity contribution >= 4 is 5.95 Å². The molecule has 2 heterocycles. The van der Waals surface area contributed by atoms with E-state index in [9.17, 15) is 4.39 Å². The van der Waals surface area contributed by atoms with Gasteiger partial charge >= 0.3 is 0 Å². The van der Waals surface area contributed by atoms with E-state index in [2.05, 4.69) is 20.3 Å². The summed E-state index contributed by atoms with van der Waals surface area (Å²) in [4.78, 5) is 11.8. The van der Waals surface area contributed by atoms with Gasteiger partial charge in [-0.05, 0) is 26.0 Å². The zero-order chi connectivity index (χ0) is 13.0. The highest BCUT2D eigenvalue weighted by molar-refractivity contribution is 5.33. The highest BCUT2D eigenvalue weighted by Crippen LogP contribution is 2.24. The van der Waals surface area contributed by atoms with E-state index >= 15 is 0 Å². The summed E-state index contributed by atoms with van der Waals surface area (Å²) < 4.78 is 18.9. The number of hydrogen-bond donors (Lipinski definition) is 1. The number of ether oxygens (including phenoxy) is 1. The van der Waals surface area contributed by atoms with Gasteiger partial charge in [-0.3, -0.25) is 4.98 Å². The van der Waals surface area contributed by atoms with Gasteiger partial charge in [0.2, 0.25) is 11.8 Å². The fraction of sp³-hybridized carbons (Fsp3) is 0.250. The van der Waals surface area contributed by atoms with Crippen molar-refractivity contribution in [3.8, 4) is 11.6 Å². The molecule has 0 atom stereocenters. The third kappa shape index (κ3) is 2.71. The molecule has 0 fully saturated rings. The largest absolute Gasteiger partial charge is 0.434 e. The van der Waals surface area contributed by atoms with Crippen molar-refractivity contribution in [1.29, 1.82) is 0 Å². The summed E-state index contributed by atoms with van der Waals surface area (Å²) in [5, 5.41) is 2.89. The number of nitrogens with zero attached hydrogens (tertiary/aromatic N) is 3. The molecule has 0 bridgehead atoms. The summed E-state index contributed by atoms with van der Waals surface area (Å²) in [6, 6.07) is 3.42. The van der Waals surface area contributed by atoms with Crippen LogP contribution in [-0.4, -0.2) is 21.5 Å². The second-order valence-electron chi connectivity index (χ2n) is 3.57. The lowest BCUT2D eigenvalue weighted by atomic mass is 10.3. The van der Waals surface area contributed by atoms with Crippen LogP contribution in [0, 0.1) is 12.7 Å². The molecule has 0 saturated carbocycles. The van der Waals surface area contributed by atoms with Gasteiger partial charge in [-0.25, -0.2) is 4.98 Å². The Bertz CT molecular complexity index is 547. The predicted octanol–water partition coefficient (Wildman–Crippen LogP) is 2.54. The molecule has 0 amide bonds. The minimum atomic E-state index is -0.611. The number of aryl methyl sites for hydroxylation is 1. The van der Waals surface area contributed by atoms with E-state index < -0.39 is 5.82 Å². The third-order valence-electron chi connectivity index (χ3n) is 2.21. The van der Waals surface area contributed by atoms with Crippen LogP contribution < -0.4 is 10.1 Å². The summed E-state index contributed by atoms with van der Waals surface area (Å²) in [6.45, 7) is 4.33. The van der Waals surface area contributed by atoms with Crippen molar-refractivity contribution in [1.82, 2.24) is 15.0 Å². The molecule has 0 spiro atoms. The maximum absolute atomic E-state index is 13.5. The minimum absolute atomic E-state index is 0.114. The summed E-state index contributed by atoms with van der Waals surface area (Å²) >= 11 is 0. The van der Waals surface area contributed by atoms with Crippen molar-refractivity contribution in [3.05, 3.63) is 36.0 Å². The van der Waals surface area contributed by atoms with E-state index in [-0.39, 0.29) is 5.88 Å². The van der Waals surface area contributed by atoms with E-state index in [1.807, 2.05) is 6.92 Å². The van der Waals surface area contributed by atoms with Crippen LogP contribution >= 0.6 is 0 Å². The van der Waals surface area contributed by atoms with Crippen molar-refractivity contribution in [3.63, 3.8) is 0 Å². The van der Waals surface area contributed by atoms with Crippen LogP contribution in [0.1, 0.15) is 12.6 Å². The summed E-state index contributed by atoms with van der Waals surface area (Å²) in [5.41, 5.74) is 0.667. The van der Waals surface area contributed by atoms with Crippen LogP contribution in [0.15, 0.2) is 24.5 Å². The number of pyridine rings is 1. The summed E-state index contributed by atoms with van der Waals surface area (Å²) in [7, 11) is 0. The van der Waals surface area contributed by atoms with Gasteiger partial charge in [-0.1, -0.05) is 0 Å². The lowest BCUT2D eigenvalue weighted by Crippen LogP contribution is -2.04. The molecule has 2 aromatic rings. The number of anilines is 1. The van der Waals surface area contributed by atoms with Crippen molar-refractivity contribution < 1.29 is 9.13 Å². The first-order valence-corrected chi connectivity index (χ1v) is 5.56. The Morgan fingerprint density at radius 1 is 1.39 bits per heavy atom. The van der Waals surface area contributed by atoms with E-state index in [4.69, 9.17) is 4.74 Å². The standard InChI is InChI=1S/C12H13FN4O/c1-3-14-12-16-7-9(13)11(17-12)18-10-5-4-6-15-8(10)2/h4-7H,3H2,1-2H3,(H,14,16,17). The fourth-order valence-corrected chi connectivity index (χ4v) is 1.35. The molecule has 2 rings (SSSR count). The Morgan fingerprint density at radius 2 is 2.22 bits per heavy atom. The van der Waals surface area contributed by atoms with Crippen LogP contribution in [0.5, 0.6) is 11.6 Å². The molecular formula is C12H13FN4O. The van der Waals surface area contributed by atoms with Gasteiger partial charge in [-0.15, -0.1) is 0 Å². The number of halogens is 1. The Morgan fingerprint density at radius 3 is 2.94 bits per heavy atom. The summed E-state index contributed by atoms with van der Waals surface area (Å²) in [5.74, 6) is 0.0740. The molecule has 0 saturated heterocycles. The molecule has 0 aliphatic heterocycles. The molecule has 0 aliphatic rings. The van der Waals surface area contributed by atoms with E-state index in [1.54, 1.807) is 25.3 Å². The van der Waals surface area contributed by atoms with Crippen molar-refractivity contribution in [2.45, 2.75) is 13.8 Å². The van der Waals surface area contributed by atoms with Gasteiger partial charge in [0.05, 0.1) is 11.9 Å². The Labute approximate surface area is 104 Å². The van der Waals surface area contributed by atoms with E-state index in [0.29, 0.717) is 23.9 Å². The maximum atomic E-state index is 13.5. The first-order chi connectivity index (χ1) is 8.70. The first-order valence-electron chi connectivity index (χ1n) is 5.56. The zero-order valence-corrected chi connectivity index (χ0v) is 10.1. The third-order valence-corrected chi connectivity index (χ3v) is 2.21. The molecule has 18 heavy (non-hydrogen) atoms. The normalized spacial score (nSPS) is 10.2. The highest BCUT2D eigenvalue weighted by Gasteiger charge is 2.10. The van der Waals surface area contributed by atoms with E-state index in [1.165, 1.54) is 0 Å². The van der Waals surface area contributed by atoms with Gasteiger partial charge in [0.15, 0.2) is 5.75 Å². The lowest BCUT2D eigenvalue weighted by molar-refractivity contribution is 0.416. The number of hydrogen-bond acceptors (Lipinski definition) is 5. The van der Waals surface area contributed by atoms with Crippen LogP contribution in [0.3, 0.4) is 0 Å². The number of rotatable bonds is 4. The van der Waals surface area contributed by atoms with Crippen LogP contribution in [0.4, 0.5) is 10.3 Å². The predicted molar refractivity (Wildman–Crippen MR) is 65.2 cm³/mol. The average Bonchev–Trinajstić information content (AvgIpc) is 2.36. The molecule has 5 nitrogen and oxygen atoms in total. The van der Waals surface area contributed by atoms with Crippen LogP contribution in [0.25, 0.3) is 0 Å². The van der Waals surface area contributed by atoms with Crippen LogP contribution in [0.2, 0.25) is 0 Å². The highest BCUT2D eigenvalue weighted by atomic mass is 19.1. The van der Waals surface area contributed by atoms with Gasteiger partial charge in [0, 0.05) is 12.7 Å². The Hall–Kier alpha value is -2.24. The Balaban J connectivity index is 2.28. The molecular weight excluding hydrogens is 235 g/mol. The molecule has 0 aromatic carbocycles. The van der Waals surface area contributed by atoms with E-state index in [0.717, 1.165) is 6.20 Å². The quantitative estimate of drug-likeness (QED) is 0.901. The topological polar surface area (TPSA) is 59.9 Å². The molecule has 0 aliphatic carbocycles. The number of aromatic nitrogens is 3. The molecule has 94 valence electrons. The Kier molecular flexibility index (Phi) is 3.66. The lowest BCUT2D eigenvalue weighted by Gasteiger charge is -2.08. The van der Waals surface area contributed by atoms with Gasteiger partial charge in [0.25, 0.3) is 5.88 Å².